The van der Waals surface area contributed by atoms with Crippen LogP contribution in [0.2, 0.25) is 0 Å². The van der Waals surface area contributed by atoms with Crippen LogP contribution in [0, 0.1) is 6.92 Å². The Labute approximate surface area is 213 Å². The van der Waals surface area contributed by atoms with Crippen molar-refractivity contribution in [1.82, 2.24) is 0 Å². The largest absolute Gasteiger partial charge is 0.334 e. The molecule has 0 amide bonds. The second kappa shape index (κ2) is 9.36. The molecular weight excluding hydrogens is 434 g/mol. The van der Waals surface area contributed by atoms with Gasteiger partial charge in [-0.2, -0.15) is 0 Å². The highest BCUT2D eigenvalue weighted by atomic mass is 15.2. The fraction of sp³-hybridized carbons (Fsp3) is 0.0857. The van der Waals surface area contributed by atoms with Gasteiger partial charge in [0.15, 0.2) is 0 Å². The predicted octanol–water partition coefficient (Wildman–Crippen LogP) is 9.87. The first-order valence-corrected chi connectivity index (χ1v) is 12.6. The van der Waals surface area contributed by atoms with Crippen molar-refractivity contribution in [1.29, 1.82) is 0 Å². The third kappa shape index (κ3) is 3.93. The van der Waals surface area contributed by atoms with Crippen molar-refractivity contribution in [3.05, 3.63) is 145 Å². The molecule has 0 saturated heterocycles. The summed E-state index contributed by atoms with van der Waals surface area (Å²) < 4.78 is 0. The van der Waals surface area contributed by atoms with Crippen molar-refractivity contribution in [2.75, 3.05) is 4.90 Å². The molecular formula is C35H29N. The number of anilines is 2. The monoisotopic (exact) mass is 463 g/mol. The number of benzene rings is 6. The number of aryl methyl sites for hydroxylation is 1. The summed E-state index contributed by atoms with van der Waals surface area (Å²) in [5.74, 6) is 0. The minimum atomic E-state index is 0.173. The van der Waals surface area contributed by atoms with Crippen LogP contribution in [0.25, 0.3) is 32.7 Å². The minimum Gasteiger partial charge on any atom is -0.334 e. The maximum atomic E-state index is 2.44. The van der Waals surface area contributed by atoms with Gasteiger partial charge < -0.3 is 4.90 Å². The van der Waals surface area contributed by atoms with Crippen molar-refractivity contribution < 1.29 is 0 Å². The van der Waals surface area contributed by atoms with Crippen molar-refractivity contribution in [3.8, 4) is 11.1 Å². The van der Waals surface area contributed by atoms with Crippen LogP contribution < -0.4 is 4.90 Å². The summed E-state index contributed by atoms with van der Waals surface area (Å²) in [6.07, 6.45) is 0. The molecule has 0 saturated carbocycles. The molecule has 0 heterocycles. The SMILES string of the molecule is Cc1ccccc1N(c1ccccc1)C(C)c1ccc(-c2c3ccccc3cc3ccccc23)cc1. The average Bonchev–Trinajstić information content (AvgIpc) is 2.93. The summed E-state index contributed by atoms with van der Waals surface area (Å²) >= 11 is 0. The van der Waals surface area contributed by atoms with E-state index in [9.17, 15) is 0 Å². The quantitative estimate of drug-likeness (QED) is 0.230. The number of para-hydroxylation sites is 2. The Balaban J connectivity index is 1.45. The van der Waals surface area contributed by atoms with E-state index in [1.165, 1.54) is 55.2 Å². The Morgan fingerprint density at radius 1 is 0.556 bits per heavy atom. The number of fused-ring (bicyclic) bond motifs is 2. The highest BCUT2D eigenvalue weighted by Crippen LogP contribution is 2.39. The van der Waals surface area contributed by atoms with E-state index < -0.39 is 0 Å². The van der Waals surface area contributed by atoms with E-state index in [0.29, 0.717) is 0 Å². The molecule has 0 radical (unpaired) electrons. The van der Waals surface area contributed by atoms with Crippen LogP contribution in [-0.4, -0.2) is 0 Å². The molecule has 6 aromatic rings. The molecule has 0 aliphatic heterocycles. The fourth-order valence-corrected chi connectivity index (χ4v) is 5.40. The Kier molecular flexibility index (Phi) is 5.75. The number of nitrogens with zero attached hydrogens (tertiary/aromatic N) is 1. The molecule has 1 unspecified atom stereocenters. The summed E-state index contributed by atoms with van der Waals surface area (Å²) in [6.45, 7) is 4.48. The van der Waals surface area contributed by atoms with E-state index in [2.05, 4.69) is 152 Å². The van der Waals surface area contributed by atoms with E-state index in [-0.39, 0.29) is 6.04 Å². The van der Waals surface area contributed by atoms with Gasteiger partial charge in [0.1, 0.15) is 0 Å². The molecule has 0 N–H and O–H groups in total. The fourth-order valence-electron chi connectivity index (χ4n) is 5.40. The normalized spacial score (nSPS) is 12.1. The molecule has 36 heavy (non-hydrogen) atoms. The molecule has 0 aliphatic rings. The number of hydrogen-bond donors (Lipinski definition) is 0. The van der Waals surface area contributed by atoms with Gasteiger partial charge in [0.2, 0.25) is 0 Å². The van der Waals surface area contributed by atoms with Crippen LogP contribution in [0.5, 0.6) is 0 Å². The van der Waals surface area contributed by atoms with E-state index in [1.807, 2.05) is 0 Å². The van der Waals surface area contributed by atoms with E-state index in [4.69, 9.17) is 0 Å². The van der Waals surface area contributed by atoms with Crippen LogP contribution in [0.1, 0.15) is 24.1 Å². The molecule has 0 aromatic heterocycles. The lowest BCUT2D eigenvalue weighted by Gasteiger charge is -2.33. The topological polar surface area (TPSA) is 3.24 Å². The zero-order valence-electron chi connectivity index (χ0n) is 20.7. The van der Waals surface area contributed by atoms with Crippen LogP contribution in [0.3, 0.4) is 0 Å². The molecule has 6 rings (SSSR count). The first-order valence-electron chi connectivity index (χ1n) is 12.6. The van der Waals surface area contributed by atoms with Crippen LogP contribution in [0.15, 0.2) is 133 Å². The summed E-state index contributed by atoms with van der Waals surface area (Å²) in [5, 5.41) is 5.14. The van der Waals surface area contributed by atoms with Crippen molar-refractivity contribution in [2.45, 2.75) is 19.9 Å². The van der Waals surface area contributed by atoms with Gasteiger partial charge in [-0.25, -0.2) is 0 Å². The molecule has 1 nitrogen and oxygen atoms in total. The Bertz CT molecular complexity index is 1590. The summed E-state index contributed by atoms with van der Waals surface area (Å²) in [7, 11) is 0. The van der Waals surface area contributed by atoms with E-state index in [0.717, 1.165) is 0 Å². The maximum Gasteiger partial charge on any atom is 0.0563 e. The van der Waals surface area contributed by atoms with Crippen molar-refractivity contribution in [2.24, 2.45) is 0 Å². The van der Waals surface area contributed by atoms with Crippen LogP contribution in [-0.2, 0) is 0 Å². The second-order valence-corrected chi connectivity index (χ2v) is 9.48. The van der Waals surface area contributed by atoms with Gasteiger partial charge in [-0.05, 0) is 81.9 Å². The Morgan fingerprint density at radius 2 is 1.11 bits per heavy atom. The van der Waals surface area contributed by atoms with Crippen LogP contribution in [0.4, 0.5) is 11.4 Å². The maximum absolute atomic E-state index is 2.44. The molecule has 0 fully saturated rings. The number of rotatable bonds is 5. The zero-order chi connectivity index (χ0) is 24.5. The van der Waals surface area contributed by atoms with Crippen LogP contribution >= 0.6 is 0 Å². The van der Waals surface area contributed by atoms with Gasteiger partial charge >= 0.3 is 0 Å². The number of hydrogen-bond acceptors (Lipinski definition) is 1. The van der Waals surface area contributed by atoms with E-state index in [1.54, 1.807) is 0 Å². The molecule has 6 aromatic carbocycles. The lowest BCUT2D eigenvalue weighted by atomic mass is 9.91. The minimum absolute atomic E-state index is 0.173. The third-order valence-corrected chi connectivity index (χ3v) is 7.25. The lowest BCUT2D eigenvalue weighted by molar-refractivity contribution is 0.771. The highest BCUT2D eigenvalue weighted by Gasteiger charge is 2.20. The molecule has 0 bridgehead atoms. The average molecular weight is 464 g/mol. The summed E-state index contributed by atoms with van der Waals surface area (Å²) in [4.78, 5) is 2.44. The molecule has 0 spiro atoms. The van der Waals surface area contributed by atoms with Gasteiger partial charge in [-0.3, -0.25) is 0 Å². The smallest absolute Gasteiger partial charge is 0.0563 e. The first kappa shape index (κ1) is 22.1. The molecule has 1 heteroatoms. The Hall–Kier alpha value is -4.36. The second-order valence-electron chi connectivity index (χ2n) is 9.48. The highest BCUT2D eigenvalue weighted by molar-refractivity contribution is 6.12. The van der Waals surface area contributed by atoms with Crippen molar-refractivity contribution in [3.63, 3.8) is 0 Å². The molecule has 0 aliphatic carbocycles. The predicted molar refractivity (Wildman–Crippen MR) is 155 cm³/mol. The molecule has 1 atom stereocenters. The van der Waals surface area contributed by atoms with Crippen molar-refractivity contribution >= 4 is 32.9 Å². The van der Waals surface area contributed by atoms with Gasteiger partial charge in [-0.15, -0.1) is 0 Å². The van der Waals surface area contributed by atoms with E-state index >= 15 is 0 Å². The molecule has 174 valence electrons. The van der Waals surface area contributed by atoms with Gasteiger partial charge in [-0.1, -0.05) is 109 Å². The third-order valence-electron chi connectivity index (χ3n) is 7.25. The van der Waals surface area contributed by atoms with Gasteiger partial charge in [0.05, 0.1) is 6.04 Å². The Morgan fingerprint density at radius 3 is 1.75 bits per heavy atom. The van der Waals surface area contributed by atoms with Gasteiger partial charge in [0.25, 0.3) is 0 Å². The zero-order valence-corrected chi connectivity index (χ0v) is 20.7. The first-order chi connectivity index (χ1) is 17.7. The summed E-state index contributed by atoms with van der Waals surface area (Å²) in [6, 6.07) is 48.4. The lowest BCUT2D eigenvalue weighted by Crippen LogP contribution is -2.22. The standard InChI is InChI=1S/C35H29N/c1-25-12-6-11-19-34(25)36(31-15-4-3-5-16-31)26(2)27-20-22-28(23-21-27)35-32-17-9-7-13-29(32)24-30-14-8-10-18-33(30)35/h3-24,26H,1-2H3. The van der Waals surface area contributed by atoms with Gasteiger partial charge in [0, 0.05) is 11.4 Å². The summed E-state index contributed by atoms with van der Waals surface area (Å²) in [5.41, 5.74) is 7.55.